The van der Waals surface area contributed by atoms with Gasteiger partial charge in [0.15, 0.2) is 0 Å². The van der Waals surface area contributed by atoms with Gasteiger partial charge in [-0.05, 0) is 59.7 Å². The third-order valence-electron chi connectivity index (χ3n) is 4.50. The molecule has 0 N–H and O–H groups in total. The van der Waals surface area contributed by atoms with Crippen molar-refractivity contribution in [1.29, 1.82) is 0 Å². The molecule has 3 aromatic carbocycles. The Kier molecular flexibility index (Phi) is 5.09. The number of benzene rings is 3. The minimum absolute atomic E-state index is 0.101. The smallest absolute Gasteiger partial charge is 0.123 e. The Balaban J connectivity index is 1.77. The zero-order valence-electron chi connectivity index (χ0n) is 14.0. The number of halogens is 4. The molecule has 0 amide bonds. The van der Waals surface area contributed by atoms with Gasteiger partial charge in [0.25, 0.3) is 0 Å². The van der Waals surface area contributed by atoms with Crippen LogP contribution in [-0.2, 0) is 0 Å². The first-order valence-corrected chi connectivity index (χ1v) is 9.48. The van der Waals surface area contributed by atoms with Gasteiger partial charge in [0, 0.05) is 21.5 Å². The van der Waals surface area contributed by atoms with Gasteiger partial charge in [-0.3, -0.25) is 5.01 Å². The molecule has 0 fully saturated rings. The molecule has 0 saturated heterocycles. The van der Waals surface area contributed by atoms with E-state index in [4.69, 9.17) is 39.9 Å². The maximum Gasteiger partial charge on any atom is 0.123 e. The van der Waals surface area contributed by atoms with Crippen molar-refractivity contribution in [1.82, 2.24) is 0 Å². The van der Waals surface area contributed by atoms with Crippen LogP contribution in [0.3, 0.4) is 0 Å². The molecule has 136 valence electrons. The maximum atomic E-state index is 13.3. The first kappa shape index (κ1) is 18.3. The Morgan fingerprint density at radius 2 is 1.52 bits per heavy atom. The molecule has 2 nitrogen and oxygen atoms in total. The van der Waals surface area contributed by atoms with Crippen molar-refractivity contribution in [3.63, 3.8) is 0 Å². The van der Waals surface area contributed by atoms with E-state index in [0.717, 1.165) is 22.5 Å². The Hall–Kier alpha value is -2.07. The van der Waals surface area contributed by atoms with Crippen LogP contribution in [0.15, 0.2) is 71.8 Å². The molecule has 0 bridgehead atoms. The summed E-state index contributed by atoms with van der Waals surface area (Å²) < 4.78 is 13.3. The van der Waals surface area contributed by atoms with Crippen LogP contribution in [0.25, 0.3) is 0 Å². The average molecular weight is 420 g/mol. The number of anilines is 1. The van der Waals surface area contributed by atoms with Crippen LogP contribution in [0.1, 0.15) is 23.6 Å². The lowest BCUT2D eigenvalue weighted by Gasteiger charge is -2.25. The van der Waals surface area contributed by atoms with E-state index in [1.54, 1.807) is 18.2 Å². The highest BCUT2D eigenvalue weighted by atomic mass is 35.5. The van der Waals surface area contributed by atoms with Crippen molar-refractivity contribution in [2.45, 2.75) is 12.5 Å². The van der Waals surface area contributed by atoms with Crippen LogP contribution in [0, 0.1) is 5.82 Å². The third kappa shape index (κ3) is 3.81. The van der Waals surface area contributed by atoms with Crippen molar-refractivity contribution >= 4 is 46.2 Å². The Bertz CT molecular complexity index is 1000. The minimum Gasteiger partial charge on any atom is -0.257 e. The topological polar surface area (TPSA) is 15.6 Å². The van der Waals surface area contributed by atoms with Gasteiger partial charge in [0.1, 0.15) is 5.82 Å². The van der Waals surface area contributed by atoms with E-state index >= 15 is 0 Å². The Morgan fingerprint density at radius 3 is 2.19 bits per heavy atom. The van der Waals surface area contributed by atoms with E-state index in [1.807, 2.05) is 41.4 Å². The lowest BCUT2D eigenvalue weighted by molar-refractivity contribution is 0.627. The second kappa shape index (κ2) is 7.51. The molecule has 1 unspecified atom stereocenters. The third-order valence-corrected chi connectivity index (χ3v) is 5.31. The molecule has 0 spiro atoms. The first-order chi connectivity index (χ1) is 13.0. The van der Waals surface area contributed by atoms with Crippen LogP contribution in [0.2, 0.25) is 15.1 Å². The van der Waals surface area contributed by atoms with Crippen LogP contribution >= 0.6 is 34.8 Å². The minimum atomic E-state index is -0.274. The van der Waals surface area contributed by atoms with Crippen molar-refractivity contribution in [3.05, 3.63) is 98.7 Å². The molecule has 0 aliphatic carbocycles. The molecule has 1 atom stereocenters. The molecule has 1 aliphatic heterocycles. The number of nitrogens with zero attached hydrogens (tertiary/aromatic N) is 2. The average Bonchev–Trinajstić information content (AvgIpc) is 3.08. The summed E-state index contributed by atoms with van der Waals surface area (Å²) in [4.78, 5) is 0. The summed E-state index contributed by atoms with van der Waals surface area (Å²) in [5, 5.41) is 8.55. The van der Waals surface area contributed by atoms with E-state index in [2.05, 4.69) is 0 Å². The summed E-state index contributed by atoms with van der Waals surface area (Å²) in [6.07, 6.45) is 0.635. The highest BCUT2D eigenvalue weighted by molar-refractivity contribution is 6.35. The first-order valence-electron chi connectivity index (χ1n) is 8.34. The van der Waals surface area contributed by atoms with Crippen LogP contribution < -0.4 is 5.01 Å². The lowest BCUT2D eigenvalue weighted by Crippen LogP contribution is -2.18. The van der Waals surface area contributed by atoms with E-state index in [1.165, 1.54) is 12.1 Å². The van der Waals surface area contributed by atoms with Gasteiger partial charge < -0.3 is 0 Å². The highest BCUT2D eigenvalue weighted by Crippen LogP contribution is 2.40. The standard InChI is InChI=1S/C21H14Cl3FN2/c22-14-3-8-17(9-4-14)27-21(18-10-5-15(23)11-19(18)24)12-20(26-27)13-1-6-16(25)7-2-13/h1-11,21H,12H2. The second-order valence-electron chi connectivity index (χ2n) is 6.26. The molecule has 4 rings (SSSR count). The van der Waals surface area contributed by atoms with Crippen molar-refractivity contribution in [2.24, 2.45) is 5.10 Å². The summed E-state index contributed by atoms with van der Waals surface area (Å²) in [6.45, 7) is 0. The molecule has 0 saturated carbocycles. The van der Waals surface area contributed by atoms with Crippen molar-refractivity contribution < 1.29 is 4.39 Å². The van der Waals surface area contributed by atoms with Gasteiger partial charge in [-0.1, -0.05) is 53.0 Å². The van der Waals surface area contributed by atoms with Crippen LogP contribution in [0.4, 0.5) is 10.1 Å². The maximum absolute atomic E-state index is 13.3. The van der Waals surface area contributed by atoms with Crippen LogP contribution in [0.5, 0.6) is 0 Å². The van der Waals surface area contributed by atoms with Gasteiger partial charge in [-0.25, -0.2) is 4.39 Å². The largest absolute Gasteiger partial charge is 0.257 e. The van der Waals surface area contributed by atoms with Crippen molar-refractivity contribution in [3.8, 4) is 0 Å². The molecule has 27 heavy (non-hydrogen) atoms. The summed E-state index contributed by atoms with van der Waals surface area (Å²) in [5.74, 6) is -0.274. The molecule has 1 aliphatic rings. The molecule has 3 aromatic rings. The van der Waals surface area contributed by atoms with Crippen molar-refractivity contribution in [2.75, 3.05) is 5.01 Å². The Labute approximate surface area is 171 Å². The van der Waals surface area contributed by atoms with E-state index in [-0.39, 0.29) is 11.9 Å². The van der Waals surface area contributed by atoms with E-state index in [0.29, 0.717) is 21.5 Å². The normalized spacial score (nSPS) is 16.5. The molecular weight excluding hydrogens is 406 g/mol. The predicted octanol–water partition coefficient (Wildman–Crippen LogP) is 7.14. The fourth-order valence-corrected chi connectivity index (χ4v) is 3.83. The fourth-order valence-electron chi connectivity index (χ4n) is 3.17. The van der Waals surface area contributed by atoms with Gasteiger partial charge in [0.2, 0.25) is 0 Å². The number of hydrogen-bond acceptors (Lipinski definition) is 2. The quantitative estimate of drug-likeness (QED) is 0.440. The molecule has 0 radical (unpaired) electrons. The SMILES string of the molecule is Fc1ccc(C2=NN(c3ccc(Cl)cc3)C(c3ccc(Cl)cc3Cl)C2)cc1. The number of hydrazone groups is 1. The molecule has 0 aromatic heterocycles. The summed E-state index contributed by atoms with van der Waals surface area (Å²) >= 11 is 18.6. The van der Waals surface area contributed by atoms with Crippen LogP contribution in [-0.4, -0.2) is 5.71 Å². The number of hydrogen-bond donors (Lipinski definition) is 0. The lowest BCUT2D eigenvalue weighted by atomic mass is 9.98. The molecular formula is C21H14Cl3FN2. The Morgan fingerprint density at radius 1 is 0.852 bits per heavy atom. The van der Waals surface area contributed by atoms with Gasteiger partial charge in [-0.2, -0.15) is 5.10 Å². The zero-order valence-corrected chi connectivity index (χ0v) is 16.3. The van der Waals surface area contributed by atoms with Gasteiger partial charge in [-0.15, -0.1) is 0 Å². The summed E-state index contributed by atoms with van der Waals surface area (Å²) in [7, 11) is 0. The van der Waals surface area contributed by atoms with E-state index < -0.39 is 0 Å². The summed E-state index contributed by atoms with van der Waals surface area (Å²) in [5.41, 5.74) is 3.56. The van der Waals surface area contributed by atoms with Gasteiger partial charge in [0.05, 0.1) is 17.4 Å². The fraction of sp³-hybridized carbons (Fsp3) is 0.0952. The molecule has 1 heterocycles. The summed E-state index contributed by atoms with van der Waals surface area (Å²) in [6, 6.07) is 19.2. The second-order valence-corrected chi connectivity index (χ2v) is 7.54. The predicted molar refractivity (Wildman–Crippen MR) is 111 cm³/mol. The highest BCUT2D eigenvalue weighted by Gasteiger charge is 2.31. The monoisotopic (exact) mass is 418 g/mol. The molecule has 6 heteroatoms. The zero-order chi connectivity index (χ0) is 19.0. The van der Waals surface area contributed by atoms with E-state index in [9.17, 15) is 4.39 Å². The van der Waals surface area contributed by atoms with Gasteiger partial charge >= 0.3 is 0 Å². The number of rotatable bonds is 3.